The molecule has 0 radical (unpaired) electrons. The molecule has 5 nitrogen and oxygen atoms in total. The number of halogens is 1. The summed E-state index contributed by atoms with van der Waals surface area (Å²) < 4.78 is 12.6. The number of hydrogen-bond acceptors (Lipinski definition) is 4. The summed E-state index contributed by atoms with van der Waals surface area (Å²) in [6, 6.07) is 3.62. The molecule has 0 aliphatic heterocycles. The van der Waals surface area contributed by atoms with Crippen LogP contribution in [0.4, 0.5) is 4.79 Å². The Bertz CT molecular complexity index is 629. The molecule has 0 atom stereocenters. The van der Waals surface area contributed by atoms with Crippen molar-refractivity contribution in [2.75, 3.05) is 7.11 Å². The van der Waals surface area contributed by atoms with Crippen molar-refractivity contribution in [2.45, 2.75) is 26.4 Å². The maximum Gasteiger partial charge on any atom is 0.435 e. The number of benzene rings is 1. The Balaban J connectivity index is 2.51. The molecule has 0 fully saturated rings. The van der Waals surface area contributed by atoms with E-state index in [0.717, 1.165) is 9.86 Å². The van der Waals surface area contributed by atoms with E-state index in [-0.39, 0.29) is 0 Å². The quantitative estimate of drug-likeness (QED) is 0.803. The zero-order valence-electron chi connectivity index (χ0n) is 11.2. The molecular formula is C13H15BrN2O3. The molecule has 2 rings (SSSR count). The van der Waals surface area contributed by atoms with Gasteiger partial charge in [0.2, 0.25) is 0 Å². The van der Waals surface area contributed by atoms with Crippen LogP contribution in [0.1, 0.15) is 20.8 Å². The molecule has 1 aromatic carbocycles. The van der Waals surface area contributed by atoms with Gasteiger partial charge in [-0.2, -0.15) is 9.78 Å². The van der Waals surface area contributed by atoms with Gasteiger partial charge in [-0.1, -0.05) is 15.9 Å². The summed E-state index contributed by atoms with van der Waals surface area (Å²) in [5.41, 5.74) is 0.0753. The van der Waals surface area contributed by atoms with Crippen LogP contribution in [0.5, 0.6) is 5.75 Å². The minimum Gasteiger partial charge on any atom is -0.496 e. The number of fused-ring (bicyclic) bond motifs is 1. The van der Waals surface area contributed by atoms with E-state index >= 15 is 0 Å². The molecule has 0 aliphatic rings. The second-order valence-electron chi connectivity index (χ2n) is 5.08. The van der Waals surface area contributed by atoms with E-state index in [1.807, 2.05) is 26.8 Å². The van der Waals surface area contributed by atoms with Gasteiger partial charge in [-0.3, -0.25) is 0 Å². The number of ether oxygens (including phenoxy) is 2. The van der Waals surface area contributed by atoms with E-state index in [1.165, 1.54) is 4.68 Å². The lowest BCUT2D eigenvalue weighted by Crippen LogP contribution is -2.27. The molecule has 0 bridgehead atoms. The van der Waals surface area contributed by atoms with Crippen molar-refractivity contribution in [1.82, 2.24) is 9.78 Å². The first kappa shape index (κ1) is 13.9. The molecule has 0 amide bonds. The smallest absolute Gasteiger partial charge is 0.435 e. The first-order valence-corrected chi connectivity index (χ1v) is 6.56. The fraction of sp³-hybridized carbons (Fsp3) is 0.385. The van der Waals surface area contributed by atoms with Gasteiger partial charge in [-0.25, -0.2) is 4.79 Å². The lowest BCUT2D eigenvalue weighted by atomic mass is 10.2. The third-order valence-electron chi connectivity index (χ3n) is 2.40. The third-order valence-corrected chi connectivity index (χ3v) is 2.86. The average molecular weight is 327 g/mol. The van der Waals surface area contributed by atoms with Crippen LogP contribution in [0.15, 0.2) is 22.8 Å². The Morgan fingerprint density at radius 1 is 1.37 bits per heavy atom. The van der Waals surface area contributed by atoms with Gasteiger partial charge in [0.25, 0.3) is 0 Å². The minimum atomic E-state index is -0.564. The van der Waals surface area contributed by atoms with Gasteiger partial charge < -0.3 is 9.47 Å². The molecular weight excluding hydrogens is 312 g/mol. The van der Waals surface area contributed by atoms with Gasteiger partial charge >= 0.3 is 6.09 Å². The first-order valence-electron chi connectivity index (χ1n) is 5.76. The molecule has 0 saturated carbocycles. The SMILES string of the molecule is COc1cc(Br)cc2c1cnn2C(=O)OC(C)(C)C. The molecule has 0 unspecified atom stereocenters. The fourth-order valence-corrected chi connectivity index (χ4v) is 2.11. The first-order chi connectivity index (χ1) is 8.81. The molecule has 0 N–H and O–H groups in total. The summed E-state index contributed by atoms with van der Waals surface area (Å²) in [4.78, 5) is 12.1. The van der Waals surface area contributed by atoms with Gasteiger partial charge in [0.05, 0.1) is 24.2 Å². The van der Waals surface area contributed by atoms with Crippen molar-refractivity contribution in [2.24, 2.45) is 0 Å². The maximum absolute atomic E-state index is 12.1. The minimum absolute atomic E-state index is 0.511. The number of methoxy groups -OCH3 is 1. The molecule has 19 heavy (non-hydrogen) atoms. The van der Waals surface area contributed by atoms with E-state index in [9.17, 15) is 4.79 Å². The Hall–Kier alpha value is -1.56. The summed E-state index contributed by atoms with van der Waals surface area (Å²) >= 11 is 3.38. The number of aromatic nitrogens is 2. The number of carbonyl (C=O) groups excluding carboxylic acids is 1. The molecule has 1 heterocycles. The molecule has 102 valence electrons. The topological polar surface area (TPSA) is 53.4 Å². The highest BCUT2D eigenvalue weighted by Gasteiger charge is 2.21. The van der Waals surface area contributed by atoms with Gasteiger partial charge in [-0.15, -0.1) is 0 Å². The number of carbonyl (C=O) groups is 1. The average Bonchev–Trinajstić information content (AvgIpc) is 2.69. The Kier molecular flexibility index (Phi) is 3.54. The summed E-state index contributed by atoms with van der Waals surface area (Å²) in [6.45, 7) is 5.44. The van der Waals surface area contributed by atoms with Crippen molar-refractivity contribution in [3.63, 3.8) is 0 Å². The maximum atomic E-state index is 12.1. The molecule has 0 spiro atoms. The molecule has 6 heteroatoms. The number of nitrogens with zero attached hydrogens (tertiary/aromatic N) is 2. The zero-order valence-corrected chi connectivity index (χ0v) is 12.8. The fourth-order valence-electron chi connectivity index (χ4n) is 1.68. The highest BCUT2D eigenvalue weighted by atomic mass is 79.9. The summed E-state index contributed by atoms with van der Waals surface area (Å²) in [5.74, 6) is 0.652. The predicted molar refractivity (Wildman–Crippen MR) is 75.6 cm³/mol. The van der Waals surface area contributed by atoms with E-state index < -0.39 is 11.7 Å². The summed E-state index contributed by atoms with van der Waals surface area (Å²) in [5, 5.41) is 4.83. The van der Waals surface area contributed by atoms with Crippen molar-refractivity contribution in [1.29, 1.82) is 0 Å². The normalized spacial score (nSPS) is 11.6. The van der Waals surface area contributed by atoms with Crippen molar-refractivity contribution < 1.29 is 14.3 Å². The lowest BCUT2D eigenvalue weighted by molar-refractivity contribution is 0.0523. The van der Waals surface area contributed by atoms with Crippen LogP contribution in [-0.4, -0.2) is 28.6 Å². The van der Waals surface area contributed by atoms with Gasteiger partial charge in [0, 0.05) is 4.47 Å². The second kappa shape index (κ2) is 4.85. The number of rotatable bonds is 1. The molecule has 1 aromatic heterocycles. The van der Waals surface area contributed by atoms with Crippen LogP contribution in [0.25, 0.3) is 10.9 Å². The third kappa shape index (κ3) is 2.89. The summed E-state index contributed by atoms with van der Waals surface area (Å²) in [7, 11) is 1.58. The largest absolute Gasteiger partial charge is 0.496 e. The zero-order chi connectivity index (χ0) is 14.2. The second-order valence-corrected chi connectivity index (χ2v) is 5.99. The van der Waals surface area contributed by atoms with Crippen LogP contribution < -0.4 is 4.74 Å². The summed E-state index contributed by atoms with van der Waals surface area (Å²) in [6.07, 6.45) is 1.08. The standard InChI is InChI=1S/C13H15BrN2O3/c1-13(2,3)19-12(17)16-10-5-8(14)6-11(18-4)9(10)7-15-16/h5-7H,1-4H3. The Morgan fingerprint density at radius 3 is 2.63 bits per heavy atom. The highest BCUT2D eigenvalue weighted by Crippen LogP contribution is 2.30. The molecule has 2 aromatic rings. The van der Waals surface area contributed by atoms with Crippen LogP contribution in [0, 0.1) is 0 Å². The Labute approximate surface area is 119 Å². The van der Waals surface area contributed by atoms with Crippen LogP contribution in [-0.2, 0) is 4.74 Å². The Morgan fingerprint density at radius 2 is 2.05 bits per heavy atom. The van der Waals surface area contributed by atoms with Crippen LogP contribution in [0.2, 0.25) is 0 Å². The predicted octanol–water partition coefficient (Wildman–Crippen LogP) is 3.59. The van der Waals surface area contributed by atoms with Crippen molar-refractivity contribution in [3.8, 4) is 5.75 Å². The van der Waals surface area contributed by atoms with Crippen LogP contribution in [0.3, 0.4) is 0 Å². The van der Waals surface area contributed by atoms with Gasteiger partial charge in [0.15, 0.2) is 0 Å². The highest BCUT2D eigenvalue weighted by molar-refractivity contribution is 9.10. The number of hydrogen-bond donors (Lipinski definition) is 0. The van der Waals surface area contributed by atoms with Crippen molar-refractivity contribution in [3.05, 3.63) is 22.8 Å². The lowest BCUT2D eigenvalue weighted by Gasteiger charge is -2.19. The van der Waals surface area contributed by atoms with E-state index in [0.29, 0.717) is 11.3 Å². The molecule has 0 saturated heterocycles. The van der Waals surface area contributed by atoms with Gasteiger partial charge in [-0.05, 0) is 32.9 Å². The monoisotopic (exact) mass is 326 g/mol. The van der Waals surface area contributed by atoms with Crippen LogP contribution >= 0.6 is 15.9 Å². The van der Waals surface area contributed by atoms with E-state index in [4.69, 9.17) is 9.47 Å². The van der Waals surface area contributed by atoms with Crippen molar-refractivity contribution >= 4 is 32.9 Å². The van der Waals surface area contributed by atoms with Gasteiger partial charge in [0.1, 0.15) is 11.4 Å². The van der Waals surface area contributed by atoms with E-state index in [2.05, 4.69) is 21.0 Å². The van der Waals surface area contributed by atoms with E-state index in [1.54, 1.807) is 19.4 Å². The molecule has 0 aliphatic carbocycles.